The summed E-state index contributed by atoms with van der Waals surface area (Å²) in [5, 5.41) is 9.20. The first-order valence-corrected chi connectivity index (χ1v) is 9.29. The van der Waals surface area contributed by atoms with Gasteiger partial charge in [-0.25, -0.2) is 13.1 Å². The molecule has 0 spiro atoms. The van der Waals surface area contributed by atoms with Crippen molar-refractivity contribution in [3.05, 3.63) is 16.5 Å². The van der Waals surface area contributed by atoms with Gasteiger partial charge in [0, 0.05) is 10.9 Å². The van der Waals surface area contributed by atoms with Gasteiger partial charge in [0.05, 0.1) is 6.61 Å². The van der Waals surface area contributed by atoms with Crippen molar-refractivity contribution in [1.29, 1.82) is 0 Å². The Morgan fingerprint density at radius 2 is 2.15 bits per heavy atom. The highest BCUT2D eigenvalue weighted by Crippen LogP contribution is 2.36. The van der Waals surface area contributed by atoms with Crippen LogP contribution in [0.15, 0.2) is 10.3 Å². The second-order valence-electron chi connectivity index (χ2n) is 6.24. The van der Waals surface area contributed by atoms with Gasteiger partial charge in [-0.3, -0.25) is 0 Å². The number of hydrogen-bond acceptors (Lipinski definition) is 4. The Morgan fingerprint density at radius 3 is 2.70 bits per heavy atom. The number of sulfonamides is 1. The maximum absolute atomic E-state index is 12.5. The fourth-order valence-electron chi connectivity index (χ4n) is 2.74. The third-order valence-electron chi connectivity index (χ3n) is 4.21. The van der Waals surface area contributed by atoms with E-state index in [1.807, 2.05) is 6.92 Å². The maximum atomic E-state index is 12.5. The number of rotatable bonds is 4. The lowest BCUT2D eigenvalue weighted by molar-refractivity contribution is 0.188. The van der Waals surface area contributed by atoms with Crippen molar-refractivity contribution in [3.8, 4) is 0 Å². The predicted molar refractivity (Wildman–Crippen MR) is 81.3 cm³/mol. The van der Waals surface area contributed by atoms with Crippen LogP contribution in [0.5, 0.6) is 0 Å². The van der Waals surface area contributed by atoms with Crippen molar-refractivity contribution < 1.29 is 13.5 Å². The lowest BCUT2D eigenvalue weighted by Crippen LogP contribution is -2.46. The number of aliphatic hydroxyl groups excluding tert-OH is 1. The lowest BCUT2D eigenvalue weighted by Gasteiger charge is -2.38. The summed E-state index contributed by atoms with van der Waals surface area (Å²) < 4.78 is 28.1. The first-order valence-electron chi connectivity index (χ1n) is 6.99. The molecule has 114 valence electrons. The van der Waals surface area contributed by atoms with E-state index in [0.717, 1.165) is 42.6 Å². The molecule has 1 aromatic rings. The molecule has 2 rings (SSSR count). The minimum atomic E-state index is -3.49. The molecule has 1 aliphatic rings. The van der Waals surface area contributed by atoms with Crippen molar-refractivity contribution in [3.63, 3.8) is 0 Å². The quantitative estimate of drug-likeness (QED) is 0.897. The van der Waals surface area contributed by atoms with Gasteiger partial charge in [0.15, 0.2) is 0 Å². The minimum absolute atomic E-state index is 0.00255. The average Bonchev–Trinajstić information content (AvgIpc) is 2.74. The minimum Gasteiger partial charge on any atom is -0.391 e. The Morgan fingerprint density at radius 1 is 1.45 bits per heavy atom. The molecule has 1 saturated carbocycles. The summed E-state index contributed by atoms with van der Waals surface area (Å²) in [5.41, 5.74) is 0.832. The van der Waals surface area contributed by atoms with Gasteiger partial charge in [0.1, 0.15) is 4.21 Å². The summed E-state index contributed by atoms with van der Waals surface area (Å²) in [4.78, 5) is 0.716. The molecule has 0 radical (unpaired) electrons. The summed E-state index contributed by atoms with van der Waals surface area (Å²) in [6.07, 6.45) is 4.18. The van der Waals surface area contributed by atoms with Crippen LogP contribution in [0.2, 0.25) is 0 Å². The van der Waals surface area contributed by atoms with Crippen molar-refractivity contribution in [2.24, 2.45) is 5.41 Å². The van der Waals surface area contributed by atoms with E-state index in [-0.39, 0.29) is 18.1 Å². The molecule has 1 heterocycles. The molecule has 6 heteroatoms. The second-order valence-corrected chi connectivity index (χ2v) is 9.32. The predicted octanol–water partition coefficient (Wildman–Crippen LogP) is 2.80. The lowest BCUT2D eigenvalue weighted by atomic mass is 9.74. The monoisotopic (exact) mass is 317 g/mol. The van der Waals surface area contributed by atoms with Gasteiger partial charge in [-0.1, -0.05) is 26.7 Å². The van der Waals surface area contributed by atoms with E-state index < -0.39 is 10.0 Å². The fourth-order valence-corrected chi connectivity index (χ4v) is 5.64. The second kappa shape index (κ2) is 5.75. The van der Waals surface area contributed by atoms with Crippen LogP contribution in [0.3, 0.4) is 0 Å². The molecule has 1 unspecified atom stereocenters. The Labute approximate surface area is 125 Å². The first-order chi connectivity index (χ1) is 9.26. The molecule has 0 aliphatic heterocycles. The van der Waals surface area contributed by atoms with Crippen molar-refractivity contribution in [1.82, 2.24) is 4.72 Å². The van der Waals surface area contributed by atoms with Crippen LogP contribution in [0, 0.1) is 12.3 Å². The molecule has 2 N–H and O–H groups in total. The van der Waals surface area contributed by atoms with Gasteiger partial charge >= 0.3 is 0 Å². The molecule has 0 amide bonds. The van der Waals surface area contributed by atoms with Gasteiger partial charge in [-0.05, 0) is 36.8 Å². The van der Waals surface area contributed by atoms with Crippen molar-refractivity contribution >= 4 is 21.4 Å². The fraction of sp³-hybridized carbons (Fsp3) is 0.714. The maximum Gasteiger partial charge on any atom is 0.250 e. The largest absolute Gasteiger partial charge is 0.391 e. The third-order valence-corrected chi connectivity index (χ3v) is 7.38. The number of hydrogen-bond donors (Lipinski definition) is 2. The molecule has 1 aliphatic carbocycles. The number of aryl methyl sites for hydroxylation is 1. The van der Waals surface area contributed by atoms with Crippen LogP contribution >= 0.6 is 11.3 Å². The van der Waals surface area contributed by atoms with E-state index in [4.69, 9.17) is 0 Å². The van der Waals surface area contributed by atoms with E-state index in [0.29, 0.717) is 9.09 Å². The van der Waals surface area contributed by atoms with Crippen LogP contribution in [0.4, 0.5) is 0 Å². The van der Waals surface area contributed by atoms with Gasteiger partial charge in [-0.2, -0.15) is 0 Å². The standard InChI is InChI=1S/C14H23NO3S2/c1-10-8-13(19-11(10)9-16)20(17,18)15-12-6-4-5-7-14(12,2)3/h8,12,15-16H,4-7,9H2,1-3H3. The van der Waals surface area contributed by atoms with Gasteiger partial charge < -0.3 is 5.11 Å². The normalized spacial score (nSPS) is 22.9. The molecule has 1 atom stereocenters. The first kappa shape index (κ1) is 15.9. The van der Waals surface area contributed by atoms with Crippen LogP contribution < -0.4 is 4.72 Å². The van der Waals surface area contributed by atoms with Crippen LogP contribution in [0.1, 0.15) is 50.0 Å². The zero-order chi connectivity index (χ0) is 15.0. The number of nitrogens with one attached hydrogen (secondary N) is 1. The molecule has 1 fully saturated rings. The summed E-state index contributed by atoms with van der Waals surface area (Å²) in [6, 6.07) is 1.63. The molecule has 0 aromatic carbocycles. The molecule has 4 nitrogen and oxygen atoms in total. The molecule has 0 bridgehead atoms. The van der Waals surface area contributed by atoms with E-state index in [1.54, 1.807) is 6.07 Å². The Balaban J connectivity index is 2.22. The van der Waals surface area contributed by atoms with E-state index in [9.17, 15) is 13.5 Å². The molecule has 0 saturated heterocycles. The molecular weight excluding hydrogens is 294 g/mol. The highest BCUT2D eigenvalue weighted by Gasteiger charge is 2.35. The number of aliphatic hydroxyl groups is 1. The zero-order valence-electron chi connectivity index (χ0n) is 12.3. The Bertz CT molecular complexity index is 575. The van der Waals surface area contributed by atoms with Gasteiger partial charge in [0.25, 0.3) is 0 Å². The summed E-state index contributed by atoms with van der Waals surface area (Å²) in [5.74, 6) is 0. The topological polar surface area (TPSA) is 66.4 Å². The average molecular weight is 317 g/mol. The van der Waals surface area contributed by atoms with E-state index in [2.05, 4.69) is 18.6 Å². The summed E-state index contributed by atoms with van der Waals surface area (Å²) in [7, 11) is -3.49. The van der Waals surface area contributed by atoms with Gasteiger partial charge in [-0.15, -0.1) is 11.3 Å². The van der Waals surface area contributed by atoms with E-state index >= 15 is 0 Å². The van der Waals surface area contributed by atoms with Crippen molar-refractivity contribution in [2.45, 2.75) is 63.3 Å². The Kier molecular flexibility index (Phi) is 4.59. The summed E-state index contributed by atoms with van der Waals surface area (Å²) >= 11 is 1.15. The smallest absolute Gasteiger partial charge is 0.250 e. The SMILES string of the molecule is Cc1cc(S(=O)(=O)NC2CCCCC2(C)C)sc1CO. The van der Waals surface area contributed by atoms with Crippen LogP contribution in [0.25, 0.3) is 0 Å². The highest BCUT2D eigenvalue weighted by atomic mass is 32.2. The van der Waals surface area contributed by atoms with Gasteiger partial charge in [0.2, 0.25) is 10.0 Å². The van der Waals surface area contributed by atoms with Crippen LogP contribution in [-0.2, 0) is 16.6 Å². The van der Waals surface area contributed by atoms with Crippen molar-refractivity contribution in [2.75, 3.05) is 0 Å². The molecule has 1 aromatic heterocycles. The molecular formula is C14H23NO3S2. The molecule has 20 heavy (non-hydrogen) atoms. The highest BCUT2D eigenvalue weighted by molar-refractivity contribution is 7.91. The third kappa shape index (κ3) is 3.24. The zero-order valence-corrected chi connectivity index (χ0v) is 13.9. The summed E-state index contributed by atoms with van der Waals surface area (Å²) in [6.45, 7) is 5.96. The van der Waals surface area contributed by atoms with E-state index in [1.165, 1.54) is 0 Å². The van der Waals surface area contributed by atoms with Crippen LogP contribution in [-0.4, -0.2) is 19.6 Å². The Hall–Kier alpha value is -0.430. The number of thiophene rings is 1.